The highest BCUT2D eigenvalue weighted by Gasteiger charge is 2.14. The van der Waals surface area contributed by atoms with Crippen LogP contribution in [0.2, 0.25) is 0 Å². The molecule has 126 valence electrons. The molecule has 0 aliphatic heterocycles. The van der Waals surface area contributed by atoms with E-state index in [2.05, 4.69) is 25.8 Å². The molecule has 3 N–H and O–H groups in total. The lowest BCUT2D eigenvalue weighted by Crippen LogP contribution is -2.41. The van der Waals surface area contributed by atoms with Crippen molar-refractivity contribution < 1.29 is 14.3 Å². The summed E-state index contributed by atoms with van der Waals surface area (Å²) in [5, 5.41) is 12.4. The normalized spacial score (nSPS) is 11.0. The third kappa shape index (κ3) is 3.49. The Bertz CT molecular complexity index is 874. The van der Waals surface area contributed by atoms with E-state index in [0.29, 0.717) is 24.1 Å². The number of carbonyl (C=O) groups is 2. The van der Waals surface area contributed by atoms with Crippen molar-refractivity contribution in [3.63, 3.8) is 0 Å². The molecule has 1 aromatic carbocycles. The Kier molecular flexibility index (Phi) is 4.96. The highest BCUT2D eigenvalue weighted by atomic mass is 32.2. The van der Waals surface area contributed by atoms with E-state index >= 15 is 0 Å². The number of aromatic amines is 1. The van der Waals surface area contributed by atoms with Crippen LogP contribution in [-0.4, -0.2) is 57.5 Å². The number of hydrogen-bond acceptors (Lipinski definition) is 6. The number of amides is 3. The predicted molar refractivity (Wildman–Crippen MR) is 89.0 cm³/mol. The lowest BCUT2D eigenvalue weighted by atomic mass is 10.3. The maximum atomic E-state index is 11.8. The minimum atomic E-state index is -0.544. The first-order chi connectivity index (χ1) is 11.7. The molecule has 2 heterocycles. The molecule has 0 radical (unpaired) electrons. The number of aromatic nitrogens is 4. The molecule has 3 rings (SSSR count). The van der Waals surface area contributed by atoms with Crippen molar-refractivity contribution in [2.75, 3.05) is 26.0 Å². The molecule has 0 atom stereocenters. The number of fused-ring (bicyclic) bond motifs is 3. The average molecular weight is 348 g/mol. The standard InChI is InChI=1S/C14H16N6O3S/c1-23-7-6-15-13(22)17-11(21)8-24-14-19-18-12-16-9-4-2-3-5-10(9)20(12)14/h2-5H,6-8H2,1H3,(H,16,18)(H2,15,17,21,22). The third-order valence-electron chi connectivity index (χ3n) is 3.18. The van der Waals surface area contributed by atoms with E-state index in [0.717, 1.165) is 11.0 Å². The van der Waals surface area contributed by atoms with E-state index in [-0.39, 0.29) is 5.75 Å². The van der Waals surface area contributed by atoms with Crippen molar-refractivity contribution >= 4 is 40.5 Å². The Morgan fingerprint density at radius 1 is 1.38 bits per heavy atom. The average Bonchev–Trinajstić information content (AvgIpc) is 3.12. The summed E-state index contributed by atoms with van der Waals surface area (Å²) in [5.41, 5.74) is 1.75. The number of H-pyrrole nitrogens is 1. The van der Waals surface area contributed by atoms with E-state index in [1.807, 2.05) is 28.7 Å². The molecule has 0 spiro atoms. The number of rotatable bonds is 6. The van der Waals surface area contributed by atoms with Gasteiger partial charge in [0.2, 0.25) is 11.7 Å². The largest absolute Gasteiger partial charge is 0.383 e. The smallest absolute Gasteiger partial charge is 0.321 e. The maximum Gasteiger partial charge on any atom is 0.321 e. The molecule has 0 saturated carbocycles. The molecule has 2 aromatic heterocycles. The van der Waals surface area contributed by atoms with E-state index in [1.54, 1.807) is 0 Å². The summed E-state index contributed by atoms with van der Waals surface area (Å²) in [7, 11) is 1.53. The van der Waals surface area contributed by atoms with Gasteiger partial charge in [-0.3, -0.25) is 14.5 Å². The van der Waals surface area contributed by atoms with Crippen molar-refractivity contribution in [3.05, 3.63) is 24.3 Å². The molecule has 0 aliphatic carbocycles. The SMILES string of the molecule is COCCNC(=O)NC(=O)CSc1n[nH]c2nc3ccccc3n12. The van der Waals surface area contributed by atoms with Gasteiger partial charge in [-0.15, -0.1) is 5.10 Å². The second-order valence-electron chi connectivity index (χ2n) is 4.85. The Balaban J connectivity index is 1.61. The van der Waals surface area contributed by atoms with Gasteiger partial charge in [-0.2, -0.15) is 0 Å². The van der Waals surface area contributed by atoms with E-state index in [1.165, 1.54) is 18.9 Å². The second kappa shape index (κ2) is 7.32. The lowest BCUT2D eigenvalue weighted by molar-refractivity contribution is -0.117. The van der Waals surface area contributed by atoms with Gasteiger partial charge >= 0.3 is 6.03 Å². The number of para-hydroxylation sites is 2. The molecule has 0 saturated heterocycles. The molecular weight excluding hydrogens is 332 g/mol. The fraction of sp³-hybridized carbons (Fsp3) is 0.286. The summed E-state index contributed by atoms with van der Waals surface area (Å²) in [6, 6.07) is 7.11. The first-order valence-electron chi connectivity index (χ1n) is 7.20. The third-order valence-corrected chi connectivity index (χ3v) is 4.12. The summed E-state index contributed by atoms with van der Waals surface area (Å²) in [5.74, 6) is 0.261. The van der Waals surface area contributed by atoms with Crippen molar-refractivity contribution in [1.29, 1.82) is 0 Å². The first-order valence-corrected chi connectivity index (χ1v) is 8.18. The van der Waals surface area contributed by atoms with Crippen LogP contribution in [0.4, 0.5) is 4.79 Å². The Morgan fingerprint density at radius 3 is 3.04 bits per heavy atom. The molecule has 0 aliphatic rings. The first kappa shape index (κ1) is 16.3. The molecule has 9 nitrogen and oxygen atoms in total. The zero-order valence-corrected chi connectivity index (χ0v) is 13.7. The van der Waals surface area contributed by atoms with Crippen molar-refractivity contribution in [2.45, 2.75) is 5.16 Å². The second-order valence-corrected chi connectivity index (χ2v) is 5.79. The van der Waals surface area contributed by atoms with Crippen molar-refractivity contribution in [2.24, 2.45) is 0 Å². The van der Waals surface area contributed by atoms with Gasteiger partial charge in [-0.1, -0.05) is 23.9 Å². The van der Waals surface area contributed by atoms with E-state index in [4.69, 9.17) is 4.74 Å². The van der Waals surface area contributed by atoms with Crippen LogP contribution >= 0.6 is 11.8 Å². The number of urea groups is 1. The van der Waals surface area contributed by atoms with E-state index < -0.39 is 11.9 Å². The van der Waals surface area contributed by atoms with Crippen LogP contribution in [0.5, 0.6) is 0 Å². The highest BCUT2D eigenvalue weighted by molar-refractivity contribution is 7.99. The van der Waals surface area contributed by atoms with Crippen LogP contribution in [0, 0.1) is 0 Å². The van der Waals surface area contributed by atoms with Crippen LogP contribution in [0.1, 0.15) is 0 Å². The Morgan fingerprint density at radius 2 is 2.21 bits per heavy atom. The van der Waals surface area contributed by atoms with Gasteiger partial charge in [-0.05, 0) is 12.1 Å². The number of imide groups is 1. The predicted octanol–water partition coefficient (Wildman–Crippen LogP) is 0.775. The van der Waals surface area contributed by atoms with Gasteiger partial charge < -0.3 is 10.1 Å². The summed E-state index contributed by atoms with van der Waals surface area (Å²) < 4.78 is 6.65. The number of benzene rings is 1. The minimum absolute atomic E-state index is 0.0597. The summed E-state index contributed by atoms with van der Waals surface area (Å²) >= 11 is 1.22. The van der Waals surface area contributed by atoms with Gasteiger partial charge in [0.15, 0.2) is 5.16 Å². The van der Waals surface area contributed by atoms with Gasteiger partial charge in [0.25, 0.3) is 0 Å². The number of methoxy groups -OCH3 is 1. The van der Waals surface area contributed by atoms with Gasteiger partial charge in [0.1, 0.15) is 0 Å². The summed E-state index contributed by atoms with van der Waals surface area (Å²) in [6.07, 6.45) is 0. The van der Waals surface area contributed by atoms with Crippen LogP contribution in [-0.2, 0) is 9.53 Å². The highest BCUT2D eigenvalue weighted by Crippen LogP contribution is 2.22. The molecule has 0 unspecified atom stereocenters. The number of ether oxygens (including phenoxy) is 1. The van der Waals surface area contributed by atoms with Crippen LogP contribution in [0.15, 0.2) is 29.4 Å². The quantitative estimate of drug-likeness (QED) is 0.448. The summed E-state index contributed by atoms with van der Waals surface area (Å²) in [6.45, 7) is 0.721. The molecule has 3 aromatic rings. The number of imidazole rings is 1. The van der Waals surface area contributed by atoms with Crippen molar-refractivity contribution in [3.8, 4) is 0 Å². The van der Waals surface area contributed by atoms with Gasteiger partial charge in [0, 0.05) is 13.7 Å². The fourth-order valence-corrected chi connectivity index (χ4v) is 2.90. The molecule has 24 heavy (non-hydrogen) atoms. The van der Waals surface area contributed by atoms with Gasteiger partial charge in [-0.25, -0.2) is 14.9 Å². The molecular formula is C14H16N6O3S. The van der Waals surface area contributed by atoms with Crippen molar-refractivity contribution in [1.82, 2.24) is 30.2 Å². The monoisotopic (exact) mass is 348 g/mol. The maximum absolute atomic E-state index is 11.8. The van der Waals surface area contributed by atoms with Gasteiger partial charge in [0.05, 0.1) is 23.4 Å². The van der Waals surface area contributed by atoms with Crippen LogP contribution in [0.25, 0.3) is 16.8 Å². The number of carbonyl (C=O) groups excluding carboxylic acids is 2. The lowest BCUT2D eigenvalue weighted by Gasteiger charge is -2.05. The Hall–Kier alpha value is -2.59. The number of hydrogen-bond donors (Lipinski definition) is 3. The van der Waals surface area contributed by atoms with E-state index in [9.17, 15) is 9.59 Å². The zero-order valence-electron chi connectivity index (χ0n) is 12.9. The molecule has 10 heteroatoms. The Labute approximate surface area is 141 Å². The topological polar surface area (TPSA) is 113 Å². The number of thioether (sulfide) groups is 1. The number of nitrogens with one attached hydrogen (secondary N) is 3. The van der Waals surface area contributed by atoms with Crippen LogP contribution in [0.3, 0.4) is 0 Å². The van der Waals surface area contributed by atoms with Crippen LogP contribution < -0.4 is 10.6 Å². The molecule has 0 bridgehead atoms. The minimum Gasteiger partial charge on any atom is -0.383 e. The number of nitrogens with zero attached hydrogens (tertiary/aromatic N) is 3. The molecule has 0 fully saturated rings. The zero-order chi connectivity index (χ0) is 16.9. The fourth-order valence-electron chi connectivity index (χ4n) is 2.14. The summed E-state index contributed by atoms with van der Waals surface area (Å²) in [4.78, 5) is 27.7. The molecule has 3 amide bonds.